The molecule has 0 radical (unpaired) electrons. The van der Waals surface area contributed by atoms with Gasteiger partial charge in [-0.3, -0.25) is 4.79 Å². The Kier molecular flexibility index (Phi) is 5.48. The Morgan fingerprint density at radius 1 is 1.10 bits per heavy atom. The third-order valence-electron chi connectivity index (χ3n) is 4.60. The molecule has 146 valence electrons. The Hall–Kier alpha value is -3.32. The lowest BCUT2D eigenvalue weighted by molar-refractivity contribution is 0.102. The van der Waals surface area contributed by atoms with E-state index in [1.165, 1.54) is 0 Å². The third kappa shape index (κ3) is 4.25. The zero-order valence-electron chi connectivity index (χ0n) is 16.1. The lowest BCUT2D eigenvalue weighted by Gasteiger charge is -2.07. The Morgan fingerprint density at radius 2 is 1.93 bits per heavy atom. The number of anilines is 1. The van der Waals surface area contributed by atoms with Gasteiger partial charge in [-0.2, -0.15) is 0 Å². The first-order chi connectivity index (χ1) is 14.2. The molecule has 0 aliphatic carbocycles. The molecule has 0 saturated carbocycles. The van der Waals surface area contributed by atoms with Crippen LogP contribution in [-0.2, 0) is 6.54 Å². The van der Waals surface area contributed by atoms with Crippen LogP contribution < -0.4 is 10.1 Å². The van der Waals surface area contributed by atoms with Gasteiger partial charge >= 0.3 is 0 Å². The van der Waals surface area contributed by atoms with Gasteiger partial charge in [0, 0.05) is 16.1 Å². The predicted octanol–water partition coefficient (Wildman–Crippen LogP) is 4.46. The fraction of sp³-hybridized carbons (Fsp3) is 0.136. The fourth-order valence-corrected chi connectivity index (χ4v) is 3.50. The largest absolute Gasteiger partial charge is 0.497 e. The molecule has 0 aliphatic rings. The molecular weight excluding hydrogens is 384 g/mol. The number of aromatic nitrogens is 3. The molecule has 0 saturated heterocycles. The molecule has 4 rings (SSSR count). The maximum atomic E-state index is 12.6. The Bertz CT molecular complexity index is 1160. The molecule has 0 unspecified atom stereocenters. The summed E-state index contributed by atoms with van der Waals surface area (Å²) >= 11 is 1.63. The Labute approximate surface area is 172 Å². The molecule has 0 bridgehead atoms. The van der Waals surface area contributed by atoms with Crippen LogP contribution in [0.5, 0.6) is 5.75 Å². The first-order valence-electron chi connectivity index (χ1n) is 9.08. The number of benzene rings is 3. The highest BCUT2D eigenvalue weighted by Gasteiger charge is 2.11. The monoisotopic (exact) mass is 404 g/mol. The van der Waals surface area contributed by atoms with E-state index < -0.39 is 0 Å². The second kappa shape index (κ2) is 8.36. The maximum absolute atomic E-state index is 12.6. The number of fused-ring (bicyclic) bond motifs is 1. The molecule has 7 heteroatoms. The van der Waals surface area contributed by atoms with Gasteiger partial charge in [0.2, 0.25) is 0 Å². The van der Waals surface area contributed by atoms with Crippen LogP contribution >= 0.6 is 11.8 Å². The van der Waals surface area contributed by atoms with Gasteiger partial charge in [0.15, 0.2) is 0 Å². The summed E-state index contributed by atoms with van der Waals surface area (Å²) in [6, 6.07) is 21.0. The molecule has 0 spiro atoms. The number of nitrogens with one attached hydrogen (secondary N) is 1. The number of nitrogens with zero attached hydrogens (tertiary/aromatic N) is 3. The van der Waals surface area contributed by atoms with Crippen LogP contribution in [0.3, 0.4) is 0 Å². The van der Waals surface area contributed by atoms with Crippen LogP contribution in [0.15, 0.2) is 71.6 Å². The topological polar surface area (TPSA) is 69.0 Å². The van der Waals surface area contributed by atoms with Crippen LogP contribution in [0, 0.1) is 0 Å². The molecule has 3 aromatic carbocycles. The summed E-state index contributed by atoms with van der Waals surface area (Å²) in [6.45, 7) is 0.591. The van der Waals surface area contributed by atoms with Gasteiger partial charge in [-0.25, -0.2) is 4.68 Å². The van der Waals surface area contributed by atoms with Crippen molar-refractivity contribution in [3.63, 3.8) is 0 Å². The van der Waals surface area contributed by atoms with E-state index in [4.69, 9.17) is 4.74 Å². The number of carbonyl (C=O) groups excluding carboxylic acids is 1. The summed E-state index contributed by atoms with van der Waals surface area (Å²) in [6.07, 6.45) is 2.00. The van der Waals surface area contributed by atoms with Crippen molar-refractivity contribution in [1.82, 2.24) is 15.0 Å². The van der Waals surface area contributed by atoms with Gasteiger partial charge in [-0.15, -0.1) is 16.9 Å². The van der Waals surface area contributed by atoms with Crippen molar-refractivity contribution < 1.29 is 9.53 Å². The van der Waals surface area contributed by atoms with Gasteiger partial charge in [-0.1, -0.05) is 23.4 Å². The van der Waals surface area contributed by atoms with E-state index in [-0.39, 0.29) is 5.91 Å². The van der Waals surface area contributed by atoms with Crippen LogP contribution in [0.25, 0.3) is 11.0 Å². The van der Waals surface area contributed by atoms with Crippen molar-refractivity contribution in [1.29, 1.82) is 0 Å². The highest BCUT2D eigenvalue weighted by Crippen LogP contribution is 2.21. The zero-order chi connectivity index (χ0) is 20.2. The van der Waals surface area contributed by atoms with Crippen molar-refractivity contribution >= 4 is 34.4 Å². The van der Waals surface area contributed by atoms with Crippen molar-refractivity contribution in [3.8, 4) is 5.75 Å². The SMILES string of the molecule is COc1ccc(Cn2nnc3cc(C(=O)Nc4cccc(SC)c4)ccc32)cc1. The molecule has 0 fully saturated rings. The van der Waals surface area contributed by atoms with Gasteiger partial charge in [0.05, 0.1) is 19.2 Å². The number of hydrogen-bond acceptors (Lipinski definition) is 5. The molecule has 1 heterocycles. The second-order valence-corrected chi connectivity index (χ2v) is 7.36. The van der Waals surface area contributed by atoms with Crippen molar-refractivity contribution in [2.24, 2.45) is 0 Å². The molecular formula is C22H20N4O2S. The van der Waals surface area contributed by atoms with Crippen molar-refractivity contribution in [2.75, 3.05) is 18.7 Å². The highest BCUT2D eigenvalue weighted by atomic mass is 32.2. The number of amides is 1. The quantitative estimate of drug-likeness (QED) is 0.481. The summed E-state index contributed by atoms with van der Waals surface area (Å²) in [4.78, 5) is 13.7. The molecule has 1 amide bonds. The van der Waals surface area contributed by atoms with Gasteiger partial charge in [0.25, 0.3) is 5.91 Å². The number of rotatable bonds is 6. The Morgan fingerprint density at radius 3 is 2.69 bits per heavy atom. The molecule has 1 aromatic heterocycles. The smallest absolute Gasteiger partial charge is 0.255 e. The molecule has 29 heavy (non-hydrogen) atoms. The number of ether oxygens (including phenoxy) is 1. The summed E-state index contributed by atoms with van der Waals surface area (Å²) in [5, 5.41) is 11.4. The third-order valence-corrected chi connectivity index (χ3v) is 5.32. The summed E-state index contributed by atoms with van der Waals surface area (Å²) in [7, 11) is 1.65. The number of hydrogen-bond donors (Lipinski definition) is 1. The van der Waals surface area contributed by atoms with E-state index in [1.807, 2.05) is 65.5 Å². The first kappa shape index (κ1) is 19.0. The van der Waals surface area contributed by atoms with Crippen LogP contribution in [0.4, 0.5) is 5.69 Å². The highest BCUT2D eigenvalue weighted by molar-refractivity contribution is 7.98. The molecule has 6 nitrogen and oxygen atoms in total. The number of carbonyl (C=O) groups is 1. The van der Waals surface area contributed by atoms with Crippen LogP contribution in [-0.4, -0.2) is 34.3 Å². The number of thioether (sulfide) groups is 1. The second-order valence-electron chi connectivity index (χ2n) is 6.48. The van der Waals surface area contributed by atoms with Crippen LogP contribution in [0.2, 0.25) is 0 Å². The molecule has 1 N–H and O–H groups in total. The lowest BCUT2D eigenvalue weighted by Crippen LogP contribution is -2.11. The molecule has 0 aliphatic heterocycles. The van der Waals surface area contributed by atoms with Gasteiger partial charge in [0.1, 0.15) is 11.3 Å². The normalized spacial score (nSPS) is 10.8. The molecule has 4 aromatic rings. The van der Waals surface area contributed by atoms with Crippen molar-refractivity contribution in [2.45, 2.75) is 11.4 Å². The average Bonchev–Trinajstić information content (AvgIpc) is 3.16. The Balaban J connectivity index is 1.53. The van der Waals surface area contributed by atoms with E-state index in [9.17, 15) is 4.79 Å². The summed E-state index contributed by atoms with van der Waals surface area (Å²) < 4.78 is 7.01. The first-order valence-corrected chi connectivity index (χ1v) is 10.3. The minimum absolute atomic E-state index is 0.171. The van der Waals surface area contributed by atoms with E-state index in [2.05, 4.69) is 15.6 Å². The van der Waals surface area contributed by atoms with E-state index >= 15 is 0 Å². The summed E-state index contributed by atoms with van der Waals surface area (Å²) in [5.41, 5.74) is 3.97. The lowest BCUT2D eigenvalue weighted by atomic mass is 10.1. The van der Waals surface area contributed by atoms with Gasteiger partial charge < -0.3 is 10.1 Å². The van der Waals surface area contributed by atoms with Crippen molar-refractivity contribution in [3.05, 3.63) is 77.9 Å². The minimum Gasteiger partial charge on any atom is -0.497 e. The number of methoxy groups -OCH3 is 1. The van der Waals surface area contributed by atoms with Gasteiger partial charge in [-0.05, 0) is 60.4 Å². The van der Waals surface area contributed by atoms with Crippen LogP contribution in [0.1, 0.15) is 15.9 Å². The minimum atomic E-state index is -0.171. The average molecular weight is 404 g/mol. The predicted molar refractivity (Wildman–Crippen MR) is 116 cm³/mol. The zero-order valence-corrected chi connectivity index (χ0v) is 16.9. The maximum Gasteiger partial charge on any atom is 0.255 e. The van der Waals surface area contributed by atoms with E-state index in [1.54, 1.807) is 31.0 Å². The van der Waals surface area contributed by atoms with E-state index in [0.29, 0.717) is 17.6 Å². The fourth-order valence-electron chi connectivity index (χ4n) is 3.04. The van der Waals surface area contributed by atoms with E-state index in [0.717, 1.165) is 27.4 Å². The standard InChI is InChI=1S/C22H20N4O2S/c1-28-18-9-6-15(7-10-18)14-26-21-11-8-16(12-20(21)24-25-26)22(27)23-17-4-3-5-19(13-17)29-2/h3-13H,14H2,1-2H3,(H,23,27). The summed E-state index contributed by atoms with van der Waals surface area (Å²) in [5.74, 6) is 0.644. The molecule has 0 atom stereocenters.